The molecule has 1 saturated heterocycles. The number of nitrogens with two attached hydrogens (primary N) is 3. The molecule has 16 heteroatoms. The zero-order chi connectivity index (χ0) is 23.5. The summed E-state index contributed by atoms with van der Waals surface area (Å²) < 4.78 is 53.5. The molecule has 1 aromatic carbocycles. The van der Waals surface area contributed by atoms with Crippen molar-refractivity contribution >= 4 is 25.7 Å². The van der Waals surface area contributed by atoms with E-state index in [1.54, 1.807) is 0 Å². The van der Waals surface area contributed by atoms with Crippen molar-refractivity contribution in [1.29, 1.82) is 0 Å². The summed E-state index contributed by atoms with van der Waals surface area (Å²) in [4.78, 5) is 0.674. The number of H-pyrrole nitrogens is 1. The molecule has 1 atom stereocenters. The highest BCUT2D eigenvalue weighted by Gasteiger charge is 2.34. The second-order valence-electron chi connectivity index (χ2n) is 7.53. The number of benzene rings is 1. The van der Waals surface area contributed by atoms with Crippen molar-refractivity contribution in [1.82, 2.24) is 25.3 Å². The van der Waals surface area contributed by atoms with Gasteiger partial charge < -0.3 is 21.5 Å². The Balaban J connectivity index is 2.18. The van der Waals surface area contributed by atoms with E-state index in [4.69, 9.17) is 16.6 Å². The maximum Gasteiger partial charge on any atom is 0.242 e. The minimum Gasteiger partial charge on any atom is -0.396 e. The summed E-state index contributed by atoms with van der Waals surface area (Å²) in [5.41, 5.74) is 11.4. The molecular weight excluding hydrogens is 462 g/mol. The second-order valence-corrected chi connectivity index (χ2v) is 10.8. The molecule has 1 unspecified atom stereocenters. The van der Waals surface area contributed by atoms with Crippen LogP contribution in [0.25, 0.3) is 11.4 Å². The van der Waals surface area contributed by atoms with Gasteiger partial charge in [0.1, 0.15) is 9.79 Å². The molecule has 0 aliphatic carbocycles. The minimum atomic E-state index is -4.56. The molecular formula is C16H27N9O5S2. The zero-order valence-electron chi connectivity index (χ0n) is 17.2. The van der Waals surface area contributed by atoms with Crippen LogP contribution in [-0.2, 0) is 20.0 Å². The third-order valence-corrected chi connectivity index (χ3v) is 7.88. The number of piperidine rings is 1. The molecule has 3 rings (SSSR count). The Morgan fingerprint density at radius 3 is 2.47 bits per heavy atom. The van der Waals surface area contributed by atoms with Crippen LogP contribution in [0.4, 0.5) is 5.69 Å². The smallest absolute Gasteiger partial charge is 0.242 e. The molecule has 14 nitrogen and oxygen atoms in total. The fourth-order valence-electron chi connectivity index (χ4n) is 3.53. The number of hydrogen-bond acceptors (Lipinski definition) is 11. The Hall–Kier alpha value is -2.21. The van der Waals surface area contributed by atoms with Crippen molar-refractivity contribution in [2.24, 2.45) is 22.5 Å². The summed E-state index contributed by atoms with van der Waals surface area (Å²) in [6.45, 7) is 0.908. The lowest BCUT2D eigenvalue weighted by molar-refractivity contribution is 0.203. The summed E-state index contributed by atoms with van der Waals surface area (Å²) in [7, 11) is -8.89. The molecule has 0 amide bonds. The Morgan fingerprint density at radius 2 is 1.94 bits per heavy atom. The largest absolute Gasteiger partial charge is 0.396 e. The van der Waals surface area contributed by atoms with Crippen molar-refractivity contribution in [3.8, 4) is 11.4 Å². The van der Waals surface area contributed by atoms with E-state index < -0.39 is 35.9 Å². The van der Waals surface area contributed by atoms with Crippen LogP contribution in [0.5, 0.6) is 0 Å². The number of hydrogen-bond donors (Lipinski definition) is 6. The summed E-state index contributed by atoms with van der Waals surface area (Å²) >= 11 is 0. The van der Waals surface area contributed by atoms with Gasteiger partial charge in [0.05, 0.1) is 5.56 Å². The average Bonchev–Trinajstić information content (AvgIpc) is 3.30. The number of aliphatic hydroxyl groups excluding tert-OH is 1. The molecule has 1 aromatic heterocycles. The first kappa shape index (κ1) is 24.4. The topological polar surface area (TPSA) is 236 Å². The van der Waals surface area contributed by atoms with Crippen molar-refractivity contribution < 1.29 is 21.9 Å². The first-order valence-corrected chi connectivity index (χ1v) is 12.9. The van der Waals surface area contributed by atoms with Gasteiger partial charge in [-0.2, -0.15) is 5.21 Å². The Morgan fingerprint density at radius 1 is 1.25 bits per heavy atom. The average molecular weight is 490 g/mol. The van der Waals surface area contributed by atoms with E-state index in [1.165, 1.54) is 12.1 Å². The quantitative estimate of drug-likeness (QED) is 0.212. The highest BCUT2D eigenvalue weighted by Crippen LogP contribution is 2.39. The number of rotatable bonds is 9. The standard InChI is InChI=1S/C16H27N9O5S2/c17-7-11(18)8-20-32(29,30)13-2-1-12(25-5-3-10(9-26)4-6-25)14(15(13)31(19,27)28)16-21-23-24-22-16/h1-2,10-11,20,26H,3-9,17-18H2,(H2,19,27,28)(H,21,22,23,24). The number of aromatic amines is 1. The van der Waals surface area contributed by atoms with Gasteiger partial charge >= 0.3 is 0 Å². The summed E-state index contributed by atoms with van der Waals surface area (Å²) in [5.74, 6) is 0.0113. The number of primary sulfonamides is 1. The Kier molecular flexibility index (Phi) is 7.43. The van der Waals surface area contributed by atoms with Crippen molar-refractivity contribution in [2.75, 3.05) is 37.7 Å². The third kappa shape index (κ3) is 5.22. The number of nitrogens with one attached hydrogen (secondary N) is 2. The number of anilines is 1. The van der Waals surface area contributed by atoms with Crippen LogP contribution in [0.15, 0.2) is 21.9 Å². The van der Waals surface area contributed by atoms with E-state index in [-0.39, 0.29) is 37.0 Å². The lowest BCUT2D eigenvalue weighted by Gasteiger charge is -2.34. The fourth-order valence-corrected chi connectivity index (χ4v) is 6.22. The van der Waals surface area contributed by atoms with E-state index in [9.17, 15) is 21.9 Å². The highest BCUT2D eigenvalue weighted by molar-refractivity contribution is 7.92. The van der Waals surface area contributed by atoms with Crippen LogP contribution < -0.4 is 26.2 Å². The first-order chi connectivity index (χ1) is 15.1. The third-order valence-electron chi connectivity index (χ3n) is 5.29. The predicted octanol–water partition coefficient (Wildman–Crippen LogP) is -2.71. The molecule has 1 fully saturated rings. The number of nitrogens with zero attached hydrogens (tertiary/aromatic N) is 4. The molecule has 0 spiro atoms. The number of sulfonamides is 2. The molecule has 0 saturated carbocycles. The number of aliphatic hydroxyl groups is 1. The monoisotopic (exact) mass is 489 g/mol. The van der Waals surface area contributed by atoms with Gasteiger partial charge in [-0.05, 0) is 36.1 Å². The van der Waals surface area contributed by atoms with Crippen molar-refractivity contribution in [3.05, 3.63) is 12.1 Å². The second kappa shape index (κ2) is 9.74. The van der Waals surface area contributed by atoms with Crippen molar-refractivity contribution in [3.63, 3.8) is 0 Å². The predicted molar refractivity (Wildman–Crippen MR) is 115 cm³/mol. The van der Waals surface area contributed by atoms with Gasteiger partial charge in [0, 0.05) is 44.5 Å². The van der Waals surface area contributed by atoms with Crippen LogP contribution in [0.1, 0.15) is 12.8 Å². The van der Waals surface area contributed by atoms with E-state index in [2.05, 4.69) is 25.3 Å². The van der Waals surface area contributed by atoms with Gasteiger partial charge in [-0.3, -0.25) is 0 Å². The summed E-state index contributed by atoms with van der Waals surface area (Å²) in [5, 5.41) is 28.3. The van der Waals surface area contributed by atoms with Crippen LogP contribution in [-0.4, -0.2) is 81.4 Å². The highest BCUT2D eigenvalue weighted by atomic mass is 32.2. The Labute approximate surface area is 185 Å². The molecule has 9 N–H and O–H groups in total. The van der Waals surface area contributed by atoms with Crippen LogP contribution in [0.3, 0.4) is 0 Å². The van der Waals surface area contributed by atoms with Crippen LogP contribution in [0, 0.1) is 5.92 Å². The fraction of sp³-hybridized carbons (Fsp3) is 0.562. The van der Waals surface area contributed by atoms with Gasteiger partial charge in [-0.15, -0.1) is 10.2 Å². The SMILES string of the molecule is NCC(N)CNS(=O)(=O)c1ccc(N2CCC(CO)CC2)c(-c2nn[nH]n2)c1S(N)(=O)=O. The van der Waals surface area contributed by atoms with Gasteiger partial charge in [0.25, 0.3) is 0 Å². The number of tetrazole rings is 1. The number of aromatic nitrogens is 4. The lowest BCUT2D eigenvalue weighted by Crippen LogP contribution is -2.42. The van der Waals surface area contributed by atoms with Gasteiger partial charge in [0.15, 0.2) is 0 Å². The molecule has 0 radical (unpaired) electrons. The molecule has 1 aliphatic heterocycles. The zero-order valence-corrected chi connectivity index (χ0v) is 18.8. The Bertz CT molecular complexity index is 1130. The maximum absolute atomic E-state index is 13.0. The van der Waals surface area contributed by atoms with Crippen LogP contribution in [0.2, 0.25) is 0 Å². The maximum atomic E-state index is 13.0. The molecule has 178 valence electrons. The molecule has 32 heavy (non-hydrogen) atoms. The van der Waals surface area contributed by atoms with Crippen LogP contribution >= 0.6 is 0 Å². The molecule has 2 heterocycles. The van der Waals surface area contributed by atoms with E-state index in [0.29, 0.717) is 31.6 Å². The summed E-state index contributed by atoms with van der Waals surface area (Å²) in [6.07, 6.45) is 1.34. The normalized spacial score (nSPS) is 16.9. The van der Waals surface area contributed by atoms with Crippen molar-refractivity contribution in [2.45, 2.75) is 28.7 Å². The van der Waals surface area contributed by atoms with Gasteiger partial charge in [-0.1, -0.05) is 0 Å². The molecule has 0 bridgehead atoms. The minimum absolute atomic E-state index is 0.0292. The van der Waals surface area contributed by atoms with Gasteiger partial charge in [0.2, 0.25) is 25.9 Å². The van der Waals surface area contributed by atoms with E-state index in [1.807, 2.05) is 4.90 Å². The van der Waals surface area contributed by atoms with E-state index in [0.717, 1.165) is 0 Å². The first-order valence-electron chi connectivity index (χ1n) is 9.83. The van der Waals surface area contributed by atoms with E-state index >= 15 is 0 Å². The summed E-state index contributed by atoms with van der Waals surface area (Å²) in [6, 6.07) is 2.00. The lowest BCUT2D eigenvalue weighted by atomic mass is 9.97. The molecule has 1 aliphatic rings. The molecule has 2 aromatic rings. The van der Waals surface area contributed by atoms with Gasteiger partial charge in [-0.25, -0.2) is 26.7 Å².